The Morgan fingerprint density at radius 1 is 1.00 bits per heavy atom. The number of pyridine rings is 1. The minimum Gasteiger partial charge on any atom is -0.497 e. The molecule has 0 bridgehead atoms. The molecule has 0 radical (unpaired) electrons. The van der Waals surface area contributed by atoms with Gasteiger partial charge in [0.15, 0.2) is 18.9 Å². The molecule has 0 fully saturated rings. The Morgan fingerprint density at radius 3 is 2.62 bits per heavy atom. The van der Waals surface area contributed by atoms with E-state index in [4.69, 9.17) is 4.74 Å². The highest BCUT2D eigenvalue weighted by Crippen LogP contribution is 2.24. The summed E-state index contributed by atoms with van der Waals surface area (Å²) in [6, 6.07) is 14.4. The van der Waals surface area contributed by atoms with E-state index in [1.54, 1.807) is 7.11 Å². The highest BCUT2D eigenvalue weighted by molar-refractivity contribution is 9.11. The number of benzene rings is 2. The van der Waals surface area contributed by atoms with Gasteiger partial charge in [-0.25, -0.2) is 0 Å². The number of aromatic nitrogens is 1. The Balaban J connectivity index is 2.02. The standard InChI is InChI=1S/C17H14Br2NO/c1-21-14-6-7-16(18)13(8-14)10-20-9-12-4-2-3-5-15(12)17(19)11-20/h2-9,11H,10H2,1H3/q+1. The summed E-state index contributed by atoms with van der Waals surface area (Å²) in [5, 5.41) is 2.43. The Labute approximate surface area is 140 Å². The molecule has 2 aromatic carbocycles. The van der Waals surface area contributed by atoms with Gasteiger partial charge in [0, 0.05) is 20.8 Å². The van der Waals surface area contributed by atoms with E-state index in [1.165, 1.54) is 16.3 Å². The number of hydrogen-bond donors (Lipinski definition) is 0. The van der Waals surface area contributed by atoms with E-state index in [9.17, 15) is 0 Å². The number of hydrogen-bond acceptors (Lipinski definition) is 1. The van der Waals surface area contributed by atoms with Crippen LogP contribution < -0.4 is 9.30 Å². The van der Waals surface area contributed by atoms with Gasteiger partial charge in [0.1, 0.15) is 5.75 Å². The Morgan fingerprint density at radius 2 is 1.81 bits per heavy atom. The molecule has 0 aliphatic heterocycles. The van der Waals surface area contributed by atoms with Crippen molar-refractivity contribution in [2.24, 2.45) is 0 Å². The molecule has 0 amide bonds. The van der Waals surface area contributed by atoms with E-state index >= 15 is 0 Å². The lowest BCUT2D eigenvalue weighted by atomic mass is 10.1. The third-order valence-corrected chi connectivity index (χ3v) is 4.81. The number of halogens is 2. The molecule has 0 atom stereocenters. The van der Waals surface area contributed by atoms with Crippen molar-refractivity contribution in [3.05, 3.63) is 69.4 Å². The highest BCUT2D eigenvalue weighted by atomic mass is 79.9. The van der Waals surface area contributed by atoms with Crippen LogP contribution >= 0.6 is 31.9 Å². The van der Waals surface area contributed by atoms with Crippen LogP contribution in [0.2, 0.25) is 0 Å². The first kappa shape index (κ1) is 14.5. The summed E-state index contributed by atoms with van der Waals surface area (Å²) in [4.78, 5) is 0. The lowest BCUT2D eigenvalue weighted by Crippen LogP contribution is -2.33. The van der Waals surface area contributed by atoms with Crippen LogP contribution in [0.25, 0.3) is 10.8 Å². The van der Waals surface area contributed by atoms with Gasteiger partial charge in [-0.1, -0.05) is 34.1 Å². The topological polar surface area (TPSA) is 13.1 Å². The minimum absolute atomic E-state index is 0.779. The summed E-state index contributed by atoms with van der Waals surface area (Å²) in [7, 11) is 1.69. The van der Waals surface area contributed by atoms with Gasteiger partial charge in [-0.2, -0.15) is 4.57 Å². The van der Waals surface area contributed by atoms with Gasteiger partial charge in [0.05, 0.1) is 11.6 Å². The van der Waals surface area contributed by atoms with Crippen molar-refractivity contribution in [1.29, 1.82) is 0 Å². The van der Waals surface area contributed by atoms with Crippen molar-refractivity contribution >= 4 is 42.6 Å². The zero-order valence-corrected chi connectivity index (χ0v) is 14.7. The van der Waals surface area contributed by atoms with Crippen molar-refractivity contribution in [2.75, 3.05) is 7.11 Å². The number of nitrogens with zero attached hydrogens (tertiary/aromatic N) is 1. The molecule has 3 aromatic rings. The summed E-state index contributed by atoms with van der Waals surface area (Å²) in [5.41, 5.74) is 1.18. The predicted molar refractivity (Wildman–Crippen MR) is 91.6 cm³/mol. The van der Waals surface area contributed by atoms with Crippen molar-refractivity contribution in [2.45, 2.75) is 6.54 Å². The van der Waals surface area contributed by atoms with Gasteiger partial charge in [0.25, 0.3) is 0 Å². The quantitative estimate of drug-likeness (QED) is 0.573. The molecule has 21 heavy (non-hydrogen) atoms. The molecule has 0 aliphatic rings. The number of fused-ring (bicyclic) bond motifs is 1. The maximum Gasteiger partial charge on any atom is 0.184 e. The summed E-state index contributed by atoms with van der Waals surface area (Å²) < 4.78 is 9.66. The van der Waals surface area contributed by atoms with E-state index in [1.807, 2.05) is 12.1 Å². The molecule has 1 heterocycles. The van der Waals surface area contributed by atoms with Gasteiger partial charge in [-0.05, 0) is 40.2 Å². The largest absolute Gasteiger partial charge is 0.497 e. The van der Waals surface area contributed by atoms with Crippen molar-refractivity contribution in [3.63, 3.8) is 0 Å². The average Bonchev–Trinajstić information content (AvgIpc) is 2.49. The fraction of sp³-hybridized carbons (Fsp3) is 0.118. The van der Waals surface area contributed by atoms with Crippen LogP contribution in [0.3, 0.4) is 0 Å². The van der Waals surface area contributed by atoms with Gasteiger partial charge in [-0.3, -0.25) is 0 Å². The summed E-state index contributed by atoms with van der Waals surface area (Å²) in [5.74, 6) is 0.869. The number of rotatable bonds is 3. The van der Waals surface area contributed by atoms with Crippen LogP contribution in [0.15, 0.2) is 63.8 Å². The van der Waals surface area contributed by atoms with Crippen LogP contribution in [-0.2, 0) is 6.54 Å². The second-order valence-corrected chi connectivity index (χ2v) is 6.53. The molecule has 3 rings (SSSR count). The average molecular weight is 408 g/mol. The number of methoxy groups -OCH3 is 1. The molecule has 0 saturated heterocycles. The minimum atomic E-state index is 0.779. The van der Waals surface area contributed by atoms with E-state index in [0.717, 1.165) is 21.2 Å². The van der Waals surface area contributed by atoms with Crippen molar-refractivity contribution in [1.82, 2.24) is 0 Å². The SMILES string of the molecule is COc1ccc(Br)c(C[n+]2cc(Br)c3ccccc3c2)c1. The van der Waals surface area contributed by atoms with Gasteiger partial charge in [0.2, 0.25) is 0 Å². The molecule has 0 aliphatic carbocycles. The second kappa shape index (κ2) is 6.16. The molecule has 106 valence electrons. The first-order valence-electron chi connectivity index (χ1n) is 6.57. The van der Waals surface area contributed by atoms with Crippen LogP contribution in [0.4, 0.5) is 0 Å². The van der Waals surface area contributed by atoms with E-state index in [0.29, 0.717) is 0 Å². The molecule has 4 heteroatoms. The lowest BCUT2D eigenvalue weighted by molar-refractivity contribution is -0.687. The maximum atomic E-state index is 5.30. The van der Waals surface area contributed by atoms with E-state index in [2.05, 4.69) is 79.2 Å². The van der Waals surface area contributed by atoms with Crippen LogP contribution in [-0.4, -0.2) is 7.11 Å². The van der Waals surface area contributed by atoms with E-state index < -0.39 is 0 Å². The first-order valence-corrected chi connectivity index (χ1v) is 8.16. The molecule has 0 spiro atoms. The third kappa shape index (κ3) is 3.11. The third-order valence-electron chi connectivity index (χ3n) is 3.41. The fourth-order valence-electron chi connectivity index (χ4n) is 2.35. The molecule has 0 N–H and O–H groups in total. The highest BCUT2D eigenvalue weighted by Gasteiger charge is 2.11. The molecule has 2 nitrogen and oxygen atoms in total. The molecule has 0 saturated carbocycles. The van der Waals surface area contributed by atoms with Gasteiger partial charge < -0.3 is 4.74 Å². The monoisotopic (exact) mass is 406 g/mol. The molecular formula is C17H14Br2NO+. The lowest BCUT2D eigenvalue weighted by Gasteiger charge is -2.06. The summed E-state index contributed by atoms with van der Waals surface area (Å²) in [6.07, 6.45) is 4.26. The van der Waals surface area contributed by atoms with Crippen LogP contribution in [0, 0.1) is 0 Å². The second-order valence-electron chi connectivity index (χ2n) is 4.82. The zero-order valence-electron chi connectivity index (χ0n) is 11.5. The smallest absolute Gasteiger partial charge is 0.184 e. The van der Waals surface area contributed by atoms with Gasteiger partial charge >= 0.3 is 0 Å². The molecule has 0 unspecified atom stereocenters. The maximum absolute atomic E-state index is 5.30. The van der Waals surface area contributed by atoms with Crippen molar-refractivity contribution in [3.8, 4) is 5.75 Å². The van der Waals surface area contributed by atoms with E-state index in [-0.39, 0.29) is 0 Å². The normalized spacial score (nSPS) is 10.8. The number of ether oxygens (including phenoxy) is 1. The molecular weight excluding hydrogens is 394 g/mol. The Bertz CT molecular complexity index is 802. The van der Waals surface area contributed by atoms with Crippen LogP contribution in [0.1, 0.15) is 5.56 Å². The predicted octanol–water partition coefficient (Wildman–Crippen LogP) is 4.71. The molecule has 1 aromatic heterocycles. The zero-order chi connectivity index (χ0) is 14.8. The van der Waals surface area contributed by atoms with Crippen molar-refractivity contribution < 1.29 is 9.30 Å². The van der Waals surface area contributed by atoms with Gasteiger partial charge in [-0.15, -0.1) is 0 Å². The van der Waals surface area contributed by atoms with Crippen LogP contribution in [0.5, 0.6) is 5.75 Å². The summed E-state index contributed by atoms with van der Waals surface area (Å²) in [6.45, 7) is 0.779. The summed E-state index contributed by atoms with van der Waals surface area (Å²) >= 11 is 7.26. The fourth-order valence-corrected chi connectivity index (χ4v) is 3.34. The Hall–Kier alpha value is -1.39. The Kier molecular flexibility index (Phi) is 4.27. The first-order chi connectivity index (χ1) is 10.2.